The third-order valence-corrected chi connectivity index (χ3v) is 6.20. The topological polar surface area (TPSA) is 37.4 Å². The van der Waals surface area contributed by atoms with Crippen LogP contribution in [0.1, 0.15) is 20.8 Å². The van der Waals surface area contributed by atoms with Crippen LogP contribution in [0.5, 0.6) is 0 Å². The zero-order chi connectivity index (χ0) is 22.2. The number of nitrogens with zero attached hydrogens (tertiary/aromatic N) is 5. The SMILES string of the molecule is CCNC(=NCC(C)CN1CCN(CC)CC1)N1CCN(c2cc(F)ccc2F)CC1. The number of aliphatic imine (C=N–C) groups is 1. The first-order valence-corrected chi connectivity index (χ1v) is 11.7. The van der Waals surface area contributed by atoms with Crippen molar-refractivity contribution in [3.63, 3.8) is 0 Å². The summed E-state index contributed by atoms with van der Waals surface area (Å²) in [6.07, 6.45) is 0. The zero-order valence-electron chi connectivity index (χ0n) is 19.3. The minimum atomic E-state index is -0.404. The number of hydrogen-bond donors (Lipinski definition) is 1. The van der Waals surface area contributed by atoms with Gasteiger partial charge in [-0.25, -0.2) is 8.78 Å². The molecule has 6 nitrogen and oxygen atoms in total. The Balaban J connectivity index is 1.51. The molecule has 2 aliphatic heterocycles. The van der Waals surface area contributed by atoms with Gasteiger partial charge in [-0.2, -0.15) is 0 Å². The van der Waals surface area contributed by atoms with Gasteiger partial charge in [0.1, 0.15) is 11.6 Å². The van der Waals surface area contributed by atoms with E-state index in [0.29, 0.717) is 24.7 Å². The van der Waals surface area contributed by atoms with Gasteiger partial charge in [0, 0.05) is 78.1 Å². The number of anilines is 1. The summed E-state index contributed by atoms with van der Waals surface area (Å²) in [6.45, 7) is 17.7. The number of halogens is 2. The molecule has 0 saturated carbocycles. The van der Waals surface area contributed by atoms with Crippen LogP contribution in [0, 0.1) is 17.6 Å². The molecule has 0 spiro atoms. The molecule has 8 heteroatoms. The smallest absolute Gasteiger partial charge is 0.194 e. The molecule has 1 unspecified atom stereocenters. The van der Waals surface area contributed by atoms with Crippen LogP contribution < -0.4 is 10.2 Å². The molecule has 0 bridgehead atoms. The molecule has 31 heavy (non-hydrogen) atoms. The van der Waals surface area contributed by atoms with Gasteiger partial charge in [-0.3, -0.25) is 4.99 Å². The largest absolute Gasteiger partial charge is 0.366 e. The minimum Gasteiger partial charge on any atom is -0.366 e. The number of piperazine rings is 2. The lowest BCUT2D eigenvalue weighted by molar-refractivity contribution is 0.125. The van der Waals surface area contributed by atoms with E-state index >= 15 is 0 Å². The molecule has 0 amide bonds. The van der Waals surface area contributed by atoms with E-state index in [1.165, 1.54) is 12.1 Å². The maximum absolute atomic E-state index is 14.1. The molecule has 2 aliphatic rings. The van der Waals surface area contributed by atoms with Crippen molar-refractivity contribution in [3.05, 3.63) is 29.8 Å². The van der Waals surface area contributed by atoms with Gasteiger partial charge < -0.3 is 24.9 Å². The molecular formula is C23H38F2N6. The Labute approximate surface area is 185 Å². The molecule has 2 saturated heterocycles. The van der Waals surface area contributed by atoms with Crippen LogP contribution in [-0.4, -0.2) is 99.2 Å². The van der Waals surface area contributed by atoms with Crippen molar-refractivity contribution >= 4 is 11.6 Å². The Morgan fingerprint density at radius 1 is 1.00 bits per heavy atom. The van der Waals surface area contributed by atoms with Crippen LogP contribution in [0.3, 0.4) is 0 Å². The van der Waals surface area contributed by atoms with Gasteiger partial charge in [0.05, 0.1) is 5.69 Å². The van der Waals surface area contributed by atoms with Gasteiger partial charge in [-0.05, 0) is 31.5 Å². The first-order chi connectivity index (χ1) is 15.0. The molecule has 0 radical (unpaired) electrons. The zero-order valence-corrected chi connectivity index (χ0v) is 19.3. The van der Waals surface area contributed by atoms with E-state index in [9.17, 15) is 8.78 Å². The number of guanidine groups is 1. The summed E-state index contributed by atoms with van der Waals surface area (Å²) in [5.74, 6) is 0.636. The van der Waals surface area contributed by atoms with Gasteiger partial charge in [0.2, 0.25) is 0 Å². The van der Waals surface area contributed by atoms with E-state index in [4.69, 9.17) is 4.99 Å². The predicted octanol–water partition coefficient (Wildman–Crippen LogP) is 2.33. The number of rotatable bonds is 7. The Bertz CT molecular complexity index is 712. The first-order valence-electron chi connectivity index (χ1n) is 11.7. The van der Waals surface area contributed by atoms with Gasteiger partial charge in [0.15, 0.2) is 5.96 Å². The Morgan fingerprint density at radius 3 is 2.32 bits per heavy atom. The molecule has 0 aliphatic carbocycles. The Hall–Kier alpha value is -1.93. The maximum atomic E-state index is 14.1. The van der Waals surface area contributed by atoms with Crippen LogP contribution in [0.15, 0.2) is 23.2 Å². The molecule has 1 atom stereocenters. The predicted molar refractivity (Wildman–Crippen MR) is 124 cm³/mol. The highest BCUT2D eigenvalue weighted by Gasteiger charge is 2.23. The monoisotopic (exact) mass is 436 g/mol. The molecular weight excluding hydrogens is 398 g/mol. The summed E-state index contributed by atoms with van der Waals surface area (Å²) < 4.78 is 27.7. The minimum absolute atomic E-state index is 0.346. The highest BCUT2D eigenvalue weighted by Crippen LogP contribution is 2.22. The fourth-order valence-electron chi connectivity index (χ4n) is 4.34. The number of nitrogens with one attached hydrogen (secondary N) is 1. The van der Waals surface area contributed by atoms with Crippen molar-refractivity contribution < 1.29 is 8.78 Å². The number of benzene rings is 1. The summed E-state index contributed by atoms with van der Waals surface area (Å²) in [5.41, 5.74) is 0.346. The van der Waals surface area contributed by atoms with Crippen molar-refractivity contribution in [2.45, 2.75) is 20.8 Å². The Kier molecular flexibility index (Phi) is 8.90. The molecule has 2 fully saturated rings. The summed E-state index contributed by atoms with van der Waals surface area (Å²) in [5, 5.41) is 3.40. The van der Waals surface area contributed by atoms with Gasteiger partial charge in [0.25, 0.3) is 0 Å². The number of hydrogen-bond acceptors (Lipinski definition) is 4. The summed E-state index contributed by atoms with van der Waals surface area (Å²) in [6, 6.07) is 3.65. The van der Waals surface area contributed by atoms with E-state index in [0.717, 1.165) is 77.5 Å². The van der Waals surface area contributed by atoms with Crippen LogP contribution >= 0.6 is 0 Å². The molecule has 0 aromatic heterocycles. The summed E-state index contributed by atoms with van der Waals surface area (Å²) in [4.78, 5) is 14.1. The van der Waals surface area contributed by atoms with Crippen LogP contribution in [-0.2, 0) is 0 Å². The highest BCUT2D eigenvalue weighted by molar-refractivity contribution is 5.80. The third kappa shape index (κ3) is 6.77. The van der Waals surface area contributed by atoms with Crippen molar-refractivity contribution in [1.82, 2.24) is 20.0 Å². The molecule has 174 valence electrons. The van der Waals surface area contributed by atoms with Crippen LogP contribution in [0.2, 0.25) is 0 Å². The summed E-state index contributed by atoms with van der Waals surface area (Å²) >= 11 is 0. The second-order valence-corrected chi connectivity index (χ2v) is 8.60. The van der Waals surface area contributed by atoms with Gasteiger partial charge in [-0.1, -0.05) is 13.8 Å². The van der Waals surface area contributed by atoms with E-state index < -0.39 is 5.82 Å². The van der Waals surface area contributed by atoms with Crippen molar-refractivity contribution in [2.24, 2.45) is 10.9 Å². The molecule has 1 aromatic rings. The third-order valence-electron chi connectivity index (χ3n) is 6.20. The lowest BCUT2D eigenvalue weighted by Crippen LogP contribution is -2.53. The molecule has 2 heterocycles. The maximum Gasteiger partial charge on any atom is 0.194 e. The fraction of sp³-hybridized carbons (Fsp3) is 0.696. The second-order valence-electron chi connectivity index (χ2n) is 8.60. The molecule has 1 N–H and O–H groups in total. The van der Waals surface area contributed by atoms with Crippen LogP contribution in [0.25, 0.3) is 0 Å². The average molecular weight is 437 g/mol. The molecule has 3 rings (SSSR count). The standard InChI is InChI=1S/C23H38F2N6/c1-4-26-23(27-17-19(3)18-29-10-8-28(5-2)9-11-29)31-14-12-30(13-15-31)22-16-20(24)6-7-21(22)25/h6-7,16,19H,4-5,8-15,17-18H2,1-3H3,(H,26,27). The highest BCUT2D eigenvalue weighted by atomic mass is 19.1. The molecule has 1 aromatic carbocycles. The Morgan fingerprint density at radius 2 is 1.68 bits per heavy atom. The van der Waals surface area contributed by atoms with Crippen molar-refractivity contribution in [1.29, 1.82) is 0 Å². The lowest BCUT2D eigenvalue weighted by atomic mass is 10.1. The average Bonchev–Trinajstić information content (AvgIpc) is 2.79. The lowest BCUT2D eigenvalue weighted by Gasteiger charge is -2.38. The van der Waals surface area contributed by atoms with E-state index in [1.807, 2.05) is 4.90 Å². The van der Waals surface area contributed by atoms with E-state index in [2.05, 4.69) is 40.8 Å². The van der Waals surface area contributed by atoms with Gasteiger partial charge in [-0.15, -0.1) is 0 Å². The van der Waals surface area contributed by atoms with Crippen LogP contribution in [0.4, 0.5) is 14.5 Å². The van der Waals surface area contributed by atoms with E-state index in [1.54, 1.807) is 0 Å². The van der Waals surface area contributed by atoms with Gasteiger partial charge >= 0.3 is 0 Å². The first kappa shape index (κ1) is 23.7. The van der Waals surface area contributed by atoms with Crippen molar-refractivity contribution in [3.8, 4) is 0 Å². The van der Waals surface area contributed by atoms with E-state index in [-0.39, 0.29) is 5.82 Å². The fourth-order valence-corrected chi connectivity index (χ4v) is 4.34. The second kappa shape index (κ2) is 11.6. The quantitative estimate of drug-likeness (QED) is 0.525. The number of likely N-dealkylation sites (N-methyl/N-ethyl adjacent to an activating group) is 1. The summed E-state index contributed by atoms with van der Waals surface area (Å²) in [7, 11) is 0. The van der Waals surface area contributed by atoms with Crippen molar-refractivity contribution in [2.75, 3.05) is 83.4 Å². The normalized spacial score (nSPS) is 20.2.